The predicted molar refractivity (Wildman–Crippen MR) is 64.7 cm³/mol. The molecule has 0 heterocycles. The van der Waals surface area contributed by atoms with E-state index in [9.17, 15) is 0 Å². The largest absolute Gasteiger partial charge is 0.497 e. The molecule has 0 spiro atoms. The monoisotopic (exact) mass is 212 g/mol. The van der Waals surface area contributed by atoms with Crippen molar-refractivity contribution in [1.82, 2.24) is 0 Å². The fourth-order valence-corrected chi connectivity index (χ4v) is 2.61. The minimum Gasteiger partial charge on any atom is -0.497 e. The van der Waals surface area contributed by atoms with Gasteiger partial charge in [-0.05, 0) is 29.9 Å². The second-order valence-electron chi connectivity index (χ2n) is 4.68. The van der Waals surface area contributed by atoms with Gasteiger partial charge in [0.2, 0.25) is 0 Å². The van der Waals surface area contributed by atoms with Crippen LogP contribution in [0.4, 0.5) is 0 Å². The topological polar surface area (TPSA) is 9.23 Å². The zero-order chi connectivity index (χ0) is 10.8. The highest BCUT2D eigenvalue weighted by atomic mass is 16.5. The van der Waals surface area contributed by atoms with Crippen molar-refractivity contribution in [3.63, 3.8) is 0 Å². The third-order valence-corrected chi connectivity index (χ3v) is 3.47. The third-order valence-electron chi connectivity index (χ3n) is 3.47. The van der Waals surface area contributed by atoms with Crippen LogP contribution < -0.4 is 0 Å². The minimum absolute atomic E-state index is 0.667. The number of hydrogen-bond acceptors (Lipinski definition) is 1. The lowest BCUT2D eigenvalue weighted by molar-refractivity contribution is 0.231. The molecule has 1 fully saturated rings. The maximum Gasteiger partial charge on any atom is 0.112 e. The van der Waals surface area contributed by atoms with E-state index >= 15 is 0 Å². The second-order valence-corrected chi connectivity index (χ2v) is 4.68. The van der Waals surface area contributed by atoms with Crippen molar-refractivity contribution in [2.75, 3.05) is 0 Å². The average Bonchev–Trinajstić information content (AvgIpc) is 2.92. The molecule has 0 aromatic heterocycles. The van der Waals surface area contributed by atoms with Crippen molar-refractivity contribution in [2.24, 2.45) is 11.8 Å². The molecule has 3 rings (SSSR count). The van der Waals surface area contributed by atoms with E-state index < -0.39 is 0 Å². The van der Waals surface area contributed by atoms with Crippen LogP contribution in [0.5, 0.6) is 0 Å². The Morgan fingerprint density at radius 2 is 2.06 bits per heavy atom. The van der Waals surface area contributed by atoms with E-state index in [0.717, 1.165) is 5.92 Å². The summed E-state index contributed by atoms with van der Waals surface area (Å²) in [6, 6.07) is 10.3. The molecule has 0 radical (unpaired) electrons. The molecule has 0 saturated heterocycles. The summed E-state index contributed by atoms with van der Waals surface area (Å²) in [7, 11) is 0. The van der Waals surface area contributed by atoms with E-state index in [1.165, 1.54) is 24.0 Å². The minimum atomic E-state index is 0.667. The molecule has 2 bridgehead atoms. The summed E-state index contributed by atoms with van der Waals surface area (Å²) in [4.78, 5) is 0. The molecule has 0 amide bonds. The Kier molecular flexibility index (Phi) is 2.53. The molecule has 1 aromatic carbocycles. The van der Waals surface area contributed by atoms with Crippen LogP contribution >= 0.6 is 0 Å². The van der Waals surface area contributed by atoms with Crippen LogP contribution in [-0.4, -0.2) is 0 Å². The number of rotatable bonds is 3. The highest BCUT2D eigenvalue weighted by Crippen LogP contribution is 2.42. The van der Waals surface area contributed by atoms with Crippen LogP contribution in [0.3, 0.4) is 0 Å². The van der Waals surface area contributed by atoms with Gasteiger partial charge < -0.3 is 4.74 Å². The third kappa shape index (κ3) is 1.90. The first kappa shape index (κ1) is 9.71. The Hall–Kier alpha value is -1.50. The summed E-state index contributed by atoms with van der Waals surface area (Å²) in [6.07, 6.45) is 9.17. The number of fused-ring (bicyclic) bond motifs is 2. The van der Waals surface area contributed by atoms with E-state index in [0.29, 0.717) is 12.5 Å². The summed E-state index contributed by atoms with van der Waals surface area (Å²) in [5.41, 5.74) is 2.71. The van der Waals surface area contributed by atoms with Crippen molar-refractivity contribution >= 4 is 0 Å². The first-order chi connectivity index (χ1) is 7.92. The van der Waals surface area contributed by atoms with Gasteiger partial charge in [-0.3, -0.25) is 0 Å². The quantitative estimate of drug-likeness (QED) is 0.548. The molecule has 1 heteroatoms. The summed E-state index contributed by atoms with van der Waals surface area (Å²) >= 11 is 0. The Bertz CT molecular complexity index is 416. The molecular formula is C15H16O. The van der Waals surface area contributed by atoms with Crippen molar-refractivity contribution in [3.05, 3.63) is 59.9 Å². The number of benzene rings is 1. The highest BCUT2D eigenvalue weighted by molar-refractivity contribution is 5.26. The van der Waals surface area contributed by atoms with Crippen molar-refractivity contribution in [2.45, 2.75) is 19.4 Å². The van der Waals surface area contributed by atoms with Gasteiger partial charge in [-0.25, -0.2) is 0 Å². The summed E-state index contributed by atoms with van der Waals surface area (Å²) < 4.78 is 5.66. The molecule has 2 aliphatic carbocycles. The molecular weight excluding hydrogens is 196 g/mol. The van der Waals surface area contributed by atoms with Crippen LogP contribution in [-0.2, 0) is 11.3 Å². The lowest BCUT2D eigenvalue weighted by Gasteiger charge is -2.08. The molecule has 0 aliphatic heterocycles. The maximum absolute atomic E-state index is 5.66. The predicted octanol–water partition coefficient (Wildman–Crippen LogP) is 3.68. The first-order valence-electron chi connectivity index (χ1n) is 5.94. The Morgan fingerprint density at radius 3 is 2.75 bits per heavy atom. The number of ether oxygens (including phenoxy) is 1. The Labute approximate surface area is 96.4 Å². The van der Waals surface area contributed by atoms with Crippen LogP contribution in [0.1, 0.15) is 18.4 Å². The van der Waals surface area contributed by atoms with Gasteiger partial charge in [0.15, 0.2) is 0 Å². The van der Waals surface area contributed by atoms with Crippen molar-refractivity contribution < 1.29 is 4.74 Å². The fraction of sp³-hybridized carbons (Fsp3) is 0.333. The molecule has 82 valence electrons. The van der Waals surface area contributed by atoms with E-state index in [1.54, 1.807) is 0 Å². The van der Waals surface area contributed by atoms with Crippen LogP contribution in [0.15, 0.2) is 54.3 Å². The van der Waals surface area contributed by atoms with Gasteiger partial charge in [-0.1, -0.05) is 42.5 Å². The lowest BCUT2D eigenvalue weighted by Crippen LogP contribution is -1.94. The number of hydrogen-bond donors (Lipinski definition) is 0. The molecule has 2 atom stereocenters. The van der Waals surface area contributed by atoms with Crippen molar-refractivity contribution in [3.8, 4) is 0 Å². The molecule has 1 aromatic rings. The van der Waals surface area contributed by atoms with Crippen molar-refractivity contribution in [1.29, 1.82) is 0 Å². The number of allylic oxidation sites excluding steroid dienone is 3. The highest BCUT2D eigenvalue weighted by Gasteiger charge is 2.30. The molecule has 2 unspecified atom stereocenters. The molecule has 2 aliphatic rings. The maximum atomic E-state index is 5.66. The molecule has 1 saturated carbocycles. The standard InChI is InChI=1S/C15H16O/c1-2-4-12(5-3-1)10-16-11-15-9-13-6-7-14(15)8-13/h1-7,11,13-14H,8-10H2. The van der Waals surface area contributed by atoms with Gasteiger partial charge >= 0.3 is 0 Å². The van der Waals surface area contributed by atoms with Gasteiger partial charge in [0.1, 0.15) is 6.61 Å². The van der Waals surface area contributed by atoms with Gasteiger partial charge in [0.05, 0.1) is 6.26 Å². The van der Waals surface area contributed by atoms with Gasteiger partial charge in [0, 0.05) is 5.92 Å². The zero-order valence-electron chi connectivity index (χ0n) is 9.30. The zero-order valence-corrected chi connectivity index (χ0v) is 9.30. The molecule has 1 nitrogen and oxygen atoms in total. The Balaban J connectivity index is 1.57. The second kappa shape index (κ2) is 4.17. The summed E-state index contributed by atoms with van der Waals surface area (Å²) in [5, 5.41) is 0. The SMILES string of the molecule is C1=CC2CC1CC2=COCc1ccccc1. The molecule has 16 heavy (non-hydrogen) atoms. The van der Waals surface area contributed by atoms with Crippen LogP contribution in [0.25, 0.3) is 0 Å². The fourth-order valence-electron chi connectivity index (χ4n) is 2.61. The van der Waals surface area contributed by atoms with E-state index in [4.69, 9.17) is 4.74 Å². The normalized spacial score (nSPS) is 28.9. The van der Waals surface area contributed by atoms with Crippen LogP contribution in [0, 0.1) is 11.8 Å². The average molecular weight is 212 g/mol. The van der Waals surface area contributed by atoms with Gasteiger partial charge in [0.25, 0.3) is 0 Å². The smallest absolute Gasteiger partial charge is 0.112 e. The summed E-state index contributed by atoms with van der Waals surface area (Å²) in [6.45, 7) is 0.686. The van der Waals surface area contributed by atoms with E-state index in [1.807, 2.05) is 24.5 Å². The van der Waals surface area contributed by atoms with Gasteiger partial charge in [-0.15, -0.1) is 0 Å². The van der Waals surface area contributed by atoms with E-state index in [2.05, 4.69) is 24.3 Å². The van der Waals surface area contributed by atoms with Crippen LogP contribution in [0.2, 0.25) is 0 Å². The van der Waals surface area contributed by atoms with E-state index in [-0.39, 0.29) is 0 Å². The Morgan fingerprint density at radius 1 is 1.19 bits per heavy atom. The summed E-state index contributed by atoms with van der Waals surface area (Å²) in [5.74, 6) is 1.46. The first-order valence-corrected chi connectivity index (χ1v) is 5.94. The van der Waals surface area contributed by atoms with Gasteiger partial charge in [-0.2, -0.15) is 0 Å². The molecule has 0 N–H and O–H groups in total. The lowest BCUT2D eigenvalue weighted by atomic mass is 10.0.